The molecule has 0 aliphatic heterocycles. The van der Waals surface area contributed by atoms with Crippen LogP contribution in [0.3, 0.4) is 0 Å². The third kappa shape index (κ3) is 4.88. The fraction of sp³-hybridized carbons (Fsp3) is 0.273. The zero-order valence-electron chi connectivity index (χ0n) is 17.5. The van der Waals surface area contributed by atoms with Crippen molar-refractivity contribution < 1.29 is 17.9 Å². The molecule has 1 heterocycles. The molecule has 2 aromatic carbocycles. The smallest absolute Gasteiger partial charge is 0.262 e. The number of nitrogens with zero attached hydrogens (tertiary/aromatic N) is 2. The fourth-order valence-electron chi connectivity index (χ4n) is 2.95. The summed E-state index contributed by atoms with van der Waals surface area (Å²) in [5, 5.41) is 8.22. The minimum atomic E-state index is -3.73. The Morgan fingerprint density at radius 2 is 1.70 bits per heavy atom. The molecular weight excluding hydrogens is 402 g/mol. The summed E-state index contributed by atoms with van der Waals surface area (Å²) in [5.74, 6) is 1.14. The van der Waals surface area contributed by atoms with Crippen LogP contribution in [0.5, 0.6) is 11.6 Å². The third-order valence-corrected chi connectivity index (χ3v) is 6.03. The monoisotopic (exact) mass is 427 g/mol. The first-order valence-corrected chi connectivity index (χ1v) is 11.1. The average molecular weight is 428 g/mol. The lowest BCUT2D eigenvalue weighted by molar-refractivity contribution is 0.302. The van der Waals surface area contributed by atoms with Crippen LogP contribution in [0, 0.1) is 13.8 Å². The number of hydrogen-bond donors (Lipinski definition) is 1. The van der Waals surface area contributed by atoms with E-state index >= 15 is 0 Å². The van der Waals surface area contributed by atoms with Crippen molar-refractivity contribution in [3.8, 4) is 22.9 Å². The summed E-state index contributed by atoms with van der Waals surface area (Å²) in [6.07, 6.45) is 0.899. The first-order chi connectivity index (χ1) is 14.3. The van der Waals surface area contributed by atoms with Crippen molar-refractivity contribution in [3.63, 3.8) is 0 Å². The van der Waals surface area contributed by atoms with Crippen LogP contribution in [0.2, 0.25) is 0 Å². The Morgan fingerprint density at radius 1 is 0.967 bits per heavy atom. The van der Waals surface area contributed by atoms with E-state index in [1.807, 2.05) is 19.9 Å². The zero-order chi connectivity index (χ0) is 21.7. The van der Waals surface area contributed by atoms with E-state index in [9.17, 15) is 8.42 Å². The van der Waals surface area contributed by atoms with Gasteiger partial charge in [-0.3, -0.25) is 4.72 Å². The molecule has 1 N–H and O–H groups in total. The molecule has 158 valence electrons. The lowest BCUT2D eigenvalue weighted by Crippen LogP contribution is -2.14. The van der Waals surface area contributed by atoms with Gasteiger partial charge in [-0.05, 0) is 61.7 Å². The van der Waals surface area contributed by atoms with Gasteiger partial charge in [-0.15, -0.1) is 10.2 Å². The molecule has 0 unspecified atom stereocenters. The van der Waals surface area contributed by atoms with Gasteiger partial charge in [-0.2, -0.15) is 0 Å². The minimum absolute atomic E-state index is 0.221. The maximum Gasteiger partial charge on any atom is 0.262 e. The van der Waals surface area contributed by atoms with Crippen molar-refractivity contribution in [2.75, 3.05) is 18.4 Å². The number of ether oxygens (including phenoxy) is 2. The van der Waals surface area contributed by atoms with Crippen molar-refractivity contribution in [2.24, 2.45) is 0 Å². The number of benzene rings is 2. The first-order valence-electron chi connectivity index (χ1n) is 9.59. The predicted octanol–water partition coefficient (Wildman–Crippen LogP) is 4.36. The van der Waals surface area contributed by atoms with Gasteiger partial charge in [0, 0.05) is 17.3 Å². The van der Waals surface area contributed by atoms with E-state index in [-0.39, 0.29) is 4.90 Å². The molecule has 0 spiro atoms. The van der Waals surface area contributed by atoms with Crippen LogP contribution in [0.25, 0.3) is 11.3 Å². The normalized spacial score (nSPS) is 11.2. The molecule has 0 bridgehead atoms. The molecule has 0 radical (unpaired) electrons. The number of anilines is 1. The van der Waals surface area contributed by atoms with Crippen molar-refractivity contribution in [1.29, 1.82) is 0 Å². The van der Waals surface area contributed by atoms with Crippen LogP contribution in [0.1, 0.15) is 24.5 Å². The number of methoxy groups -OCH3 is 1. The topological polar surface area (TPSA) is 90.4 Å². The molecule has 0 atom stereocenters. The summed E-state index contributed by atoms with van der Waals surface area (Å²) in [6.45, 7) is 6.17. The summed E-state index contributed by atoms with van der Waals surface area (Å²) >= 11 is 0. The second-order valence-electron chi connectivity index (χ2n) is 6.88. The van der Waals surface area contributed by atoms with Crippen LogP contribution < -0.4 is 14.2 Å². The molecule has 0 aliphatic rings. The lowest BCUT2D eigenvalue weighted by atomic mass is 10.1. The molecule has 0 saturated carbocycles. The molecule has 0 aliphatic carbocycles. The fourth-order valence-corrected chi connectivity index (χ4v) is 4.32. The van der Waals surface area contributed by atoms with Gasteiger partial charge in [0.1, 0.15) is 5.75 Å². The highest BCUT2D eigenvalue weighted by Gasteiger charge is 2.19. The number of hydrogen-bond acceptors (Lipinski definition) is 6. The van der Waals surface area contributed by atoms with Gasteiger partial charge in [0.15, 0.2) is 0 Å². The molecule has 30 heavy (non-hydrogen) atoms. The Hall–Kier alpha value is -3.13. The largest absolute Gasteiger partial charge is 0.496 e. The van der Waals surface area contributed by atoms with Crippen molar-refractivity contribution in [2.45, 2.75) is 32.1 Å². The van der Waals surface area contributed by atoms with E-state index < -0.39 is 10.0 Å². The highest BCUT2D eigenvalue weighted by molar-refractivity contribution is 7.92. The Bertz CT molecular complexity index is 1110. The number of nitrogens with one attached hydrogen (secondary N) is 1. The van der Waals surface area contributed by atoms with Gasteiger partial charge in [0.2, 0.25) is 5.88 Å². The summed E-state index contributed by atoms with van der Waals surface area (Å²) in [5.41, 5.74) is 3.33. The molecule has 3 aromatic rings. The summed E-state index contributed by atoms with van der Waals surface area (Å²) in [7, 11) is -2.17. The molecule has 0 amide bonds. The van der Waals surface area contributed by atoms with Gasteiger partial charge in [-0.25, -0.2) is 8.42 Å². The van der Waals surface area contributed by atoms with E-state index in [0.29, 0.717) is 35.2 Å². The van der Waals surface area contributed by atoms with Crippen LogP contribution in [0.4, 0.5) is 5.69 Å². The highest BCUT2D eigenvalue weighted by Crippen LogP contribution is 2.28. The number of aromatic nitrogens is 2. The number of rotatable bonds is 8. The average Bonchev–Trinajstić information content (AvgIpc) is 2.74. The van der Waals surface area contributed by atoms with E-state index in [1.54, 1.807) is 56.5 Å². The van der Waals surface area contributed by atoms with Crippen LogP contribution in [-0.2, 0) is 10.0 Å². The molecular formula is C22H25N3O4S. The molecule has 1 aromatic heterocycles. The second kappa shape index (κ2) is 9.13. The minimum Gasteiger partial charge on any atom is -0.496 e. The van der Waals surface area contributed by atoms with E-state index in [0.717, 1.165) is 17.5 Å². The molecule has 7 nitrogen and oxygen atoms in total. The van der Waals surface area contributed by atoms with E-state index in [1.165, 1.54) is 0 Å². The number of sulfonamides is 1. The van der Waals surface area contributed by atoms with Gasteiger partial charge < -0.3 is 9.47 Å². The summed E-state index contributed by atoms with van der Waals surface area (Å²) < 4.78 is 39.1. The lowest BCUT2D eigenvalue weighted by Gasteiger charge is -2.13. The highest BCUT2D eigenvalue weighted by atomic mass is 32.2. The van der Waals surface area contributed by atoms with Crippen molar-refractivity contribution in [1.82, 2.24) is 10.2 Å². The van der Waals surface area contributed by atoms with Gasteiger partial charge in [0.25, 0.3) is 10.0 Å². The SMILES string of the molecule is CCCOc1ccc(-c2ccc(NS(=O)(=O)c3cc(C)c(OC)cc3C)cc2)nn1. The van der Waals surface area contributed by atoms with Crippen molar-refractivity contribution in [3.05, 3.63) is 59.7 Å². The van der Waals surface area contributed by atoms with Gasteiger partial charge in [-0.1, -0.05) is 19.1 Å². The predicted molar refractivity (Wildman–Crippen MR) is 117 cm³/mol. The Labute approximate surface area is 177 Å². The Balaban J connectivity index is 1.77. The van der Waals surface area contributed by atoms with Crippen LogP contribution >= 0.6 is 0 Å². The zero-order valence-corrected chi connectivity index (χ0v) is 18.3. The number of aryl methyl sites for hydroxylation is 2. The summed E-state index contributed by atoms with van der Waals surface area (Å²) in [6, 6.07) is 13.9. The third-order valence-electron chi connectivity index (χ3n) is 4.51. The maximum atomic E-state index is 12.9. The molecule has 3 rings (SSSR count). The van der Waals surface area contributed by atoms with Gasteiger partial charge in [0.05, 0.1) is 24.3 Å². The van der Waals surface area contributed by atoms with E-state index in [4.69, 9.17) is 9.47 Å². The maximum absolute atomic E-state index is 12.9. The second-order valence-corrected chi connectivity index (χ2v) is 8.53. The Kier molecular flexibility index (Phi) is 6.56. The van der Waals surface area contributed by atoms with Crippen LogP contribution in [-0.4, -0.2) is 32.3 Å². The quantitative estimate of drug-likeness (QED) is 0.574. The van der Waals surface area contributed by atoms with Gasteiger partial charge >= 0.3 is 0 Å². The molecule has 0 fully saturated rings. The molecule has 0 saturated heterocycles. The standard InChI is InChI=1S/C22H25N3O4S/c1-5-12-29-22-11-10-19(23-24-22)17-6-8-18(9-7-17)25-30(26,27)21-14-15(2)20(28-4)13-16(21)3/h6-11,13-14,25H,5,12H2,1-4H3. The molecule has 8 heteroatoms. The van der Waals surface area contributed by atoms with Crippen LogP contribution in [0.15, 0.2) is 53.4 Å². The Morgan fingerprint density at radius 3 is 2.30 bits per heavy atom. The summed E-state index contributed by atoms with van der Waals surface area (Å²) in [4.78, 5) is 0.221. The van der Waals surface area contributed by atoms with E-state index in [2.05, 4.69) is 14.9 Å². The first kappa shape index (κ1) is 21.6. The van der Waals surface area contributed by atoms with Crippen molar-refractivity contribution >= 4 is 15.7 Å².